The molecule has 1 aromatic rings. The topological polar surface area (TPSA) is 66.4 Å². The molecule has 0 N–H and O–H groups in total. The van der Waals surface area contributed by atoms with Crippen molar-refractivity contribution < 1.29 is 9.59 Å². The maximum Gasteiger partial charge on any atom is 0.274 e. The molecule has 0 saturated carbocycles. The number of carbonyl (C=O) groups is 2. The average Bonchev–Trinajstić information content (AvgIpc) is 2.85. The van der Waals surface area contributed by atoms with Crippen LogP contribution in [0.2, 0.25) is 0 Å². The van der Waals surface area contributed by atoms with Gasteiger partial charge in [-0.3, -0.25) is 14.6 Å². The van der Waals surface area contributed by atoms with Crippen LogP contribution in [-0.2, 0) is 4.79 Å². The van der Waals surface area contributed by atoms with Crippen molar-refractivity contribution >= 4 is 11.8 Å². The van der Waals surface area contributed by atoms with Gasteiger partial charge in [-0.25, -0.2) is 4.98 Å². The zero-order chi connectivity index (χ0) is 15.6. The van der Waals surface area contributed by atoms with Gasteiger partial charge in [-0.15, -0.1) is 6.58 Å². The maximum atomic E-state index is 12.7. The van der Waals surface area contributed by atoms with Crippen LogP contribution in [-0.4, -0.2) is 57.8 Å². The van der Waals surface area contributed by atoms with Gasteiger partial charge in [-0.1, -0.05) is 6.08 Å². The first-order valence-corrected chi connectivity index (χ1v) is 7.62. The van der Waals surface area contributed by atoms with Crippen LogP contribution in [0.4, 0.5) is 0 Å². The molecule has 2 aliphatic rings. The smallest absolute Gasteiger partial charge is 0.274 e. The molecule has 6 nitrogen and oxygen atoms in total. The molecule has 2 aliphatic heterocycles. The molecule has 0 unspecified atom stereocenters. The van der Waals surface area contributed by atoms with Crippen molar-refractivity contribution in [2.45, 2.75) is 19.3 Å². The van der Waals surface area contributed by atoms with E-state index in [0.717, 1.165) is 25.8 Å². The van der Waals surface area contributed by atoms with Crippen LogP contribution in [0, 0.1) is 5.41 Å². The van der Waals surface area contributed by atoms with E-state index in [1.807, 2.05) is 4.90 Å². The van der Waals surface area contributed by atoms with Gasteiger partial charge >= 0.3 is 0 Å². The Balaban J connectivity index is 1.76. The Hall–Kier alpha value is -2.24. The van der Waals surface area contributed by atoms with Crippen molar-refractivity contribution in [3.8, 4) is 0 Å². The lowest BCUT2D eigenvalue weighted by molar-refractivity contribution is -0.137. The number of likely N-dealkylation sites (tertiary alicyclic amines) is 2. The summed E-state index contributed by atoms with van der Waals surface area (Å²) in [6, 6.07) is 0. The molecular weight excluding hydrogens is 280 g/mol. The summed E-state index contributed by atoms with van der Waals surface area (Å²) in [6.07, 6.45) is 8.79. The zero-order valence-electron chi connectivity index (χ0n) is 12.6. The average molecular weight is 300 g/mol. The normalized spacial score (nSPS) is 24.8. The first-order valence-electron chi connectivity index (χ1n) is 7.62. The largest absolute Gasteiger partial charge is 0.338 e. The van der Waals surface area contributed by atoms with Gasteiger partial charge < -0.3 is 9.80 Å². The Morgan fingerprint density at radius 1 is 1.36 bits per heavy atom. The Bertz CT molecular complexity index is 589. The summed E-state index contributed by atoms with van der Waals surface area (Å²) >= 11 is 0. The molecule has 1 atom stereocenters. The molecule has 3 heterocycles. The number of aromatic nitrogens is 2. The number of rotatable bonds is 3. The third-order valence-electron chi connectivity index (χ3n) is 4.60. The van der Waals surface area contributed by atoms with E-state index in [1.165, 1.54) is 12.4 Å². The van der Waals surface area contributed by atoms with Crippen LogP contribution in [0.15, 0.2) is 31.2 Å². The van der Waals surface area contributed by atoms with Crippen molar-refractivity contribution in [3.05, 3.63) is 36.9 Å². The van der Waals surface area contributed by atoms with Crippen molar-refractivity contribution in [3.63, 3.8) is 0 Å². The lowest BCUT2D eigenvalue weighted by atomic mass is 9.78. The second-order valence-electron chi connectivity index (χ2n) is 5.99. The lowest BCUT2D eigenvalue weighted by Crippen LogP contribution is -2.50. The minimum absolute atomic E-state index is 0.137. The fourth-order valence-corrected chi connectivity index (χ4v) is 3.48. The van der Waals surface area contributed by atoms with Gasteiger partial charge in [0.25, 0.3) is 5.91 Å². The summed E-state index contributed by atoms with van der Waals surface area (Å²) in [5.74, 6) is 0.0196. The summed E-state index contributed by atoms with van der Waals surface area (Å²) in [6.45, 7) is 6.19. The van der Waals surface area contributed by atoms with Crippen LogP contribution in [0.5, 0.6) is 0 Å². The highest BCUT2D eigenvalue weighted by molar-refractivity contribution is 5.93. The molecule has 116 valence electrons. The third-order valence-corrected chi connectivity index (χ3v) is 4.60. The van der Waals surface area contributed by atoms with Gasteiger partial charge in [0.2, 0.25) is 5.91 Å². The van der Waals surface area contributed by atoms with Crippen molar-refractivity contribution in [2.24, 2.45) is 5.41 Å². The first kappa shape index (κ1) is 14.7. The van der Waals surface area contributed by atoms with E-state index >= 15 is 0 Å². The molecule has 1 spiro atoms. The molecule has 0 bridgehead atoms. The minimum Gasteiger partial charge on any atom is -0.338 e. The molecule has 22 heavy (non-hydrogen) atoms. The fourth-order valence-electron chi connectivity index (χ4n) is 3.48. The predicted molar refractivity (Wildman–Crippen MR) is 81.0 cm³/mol. The summed E-state index contributed by atoms with van der Waals surface area (Å²) in [5.41, 5.74) is -0.0768. The molecule has 0 radical (unpaired) electrons. The molecular formula is C16H20N4O2. The van der Waals surface area contributed by atoms with Crippen molar-refractivity contribution in [2.75, 3.05) is 26.2 Å². The van der Waals surface area contributed by atoms with Crippen LogP contribution in [0.25, 0.3) is 0 Å². The van der Waals surface area contributed by atoms with Crippen molar-refractivity contribution in [1.29, 1.82) is 0 Å². The van der Waals surface area contributed by atoms with Gasteiger partial charge in [0.1, 0.15) is 5.69 Å². The summed E-state index contributed by atoms with van der Waals surface area (Å²) < 4.78 is 0. The Morgan fingerprint density at radius 2 is 2.23 bits per heavy atom. The minimum atomic E-state index is -0.418. The highest BCUT2D eigenvalue weighted by Gasteiger charge is 2.49. The van der Waals surface area contributed by atoms with Crippen LogP contribution in [0.3, 0.4) is 0 Å². The van der Waals surface area contributed by atoms with E-state index in [2.05, 4.69) is 16.5 Å². The molecule has 2 saturated heterocycles. The summed E-state index contributed by atoms with van der Waals surface area (Å²) in [4.78, 5) is 36.8. The fraction of sp³-hybridized carbons (Fsp3) is 0.500. The van der Waals surface area contributed by atoms with Crippen LogP contribution < -0.4 is 0 Å². The third kappa shape index (κ3) is 2.49. The predicted octanol–water partition coefficient (Wildman–Crippen LogP) is 1.12. The maximum absolute atomic E-state index is 12.7. The van der Waals surface area contributed by atoms with E-state index < -0.39 is 5.41 Å². The number of amides is 2. The number of nitrogens with zero attached hydrogens (tertiary/aromatic N) is 4. The summed E-state index contributed by atoms with van der Waals surface area (Å²) in [5, 5.41) is 0. The quantitative estimate of drug-likeness (QED) is 0.785. The van der Waals surface area contributed by atoms with Crippen LogP contribution in [0.1, 0.15) is 29.8 Å². The monoisotopic (exact) mass is 300 g/mol. The highest BCUT2D eigenvalue weighted by atomic mass is 16.2. The second kappa shape index (κ2) is 5.87. The van der Waals surface area contributed by atoms with Gasteiger partial charge in [-0.05, 0) is 19.3 Å². The van der Waals surface area contributed by atoms with E-state index in [1.54, 1.807) is 17.2 Å². The van der Waals surface area contributed by atoms with Gasteiger partial charge in [0, 0.05) is 38.6 Å². The summed E-state index contributed by atoms with van der Waals surface area (Å²) in [7, 11) is 0. The number of hydrogen-bond acceptors (Lipinski definition) is 4. The standard InChI is InChI=1S/C16H20N4O2/c1-2-8-19-10-5-16(15(19)22)4-3-9-20(12-16)14(21)13-11-17-6-7-18-13/h2,6-7,11H,1,3-5,8-10,12H2/t16-/m0/s1. The Labute approximate surface area is 129 Å². The van der Waals surface area contributed by atoms with Gasteiger partial charge in [0.15, 0.2) is 0 Å². The molecule has 3 rings (SSSR count). The van der Waals surface area contributed by atoms with E-state index in [4.69, 9.17) is 0 Å². The molecule has 2 fully saturated rings. The molecule has 1 aromatic heterocycles. The molecule has 0 aliphatic carbocycles. The number of piperidine rings is 1. The molecule has 0 aromatic carbocycles. The zero-order valence-corrected chi connectivity index (χ0v) is 12.6. The lowest BCUT2D eigenvalue weighted by Gasteiger charge is -2.38. The second-order valence-corrected chi connectivity index (χ2v) is 5.99. The number of hydrogen-bond donors (Lipinski definition) is 0. The highest BCUT2D eigenvalue weighted by Crippen LogP contribution is 2.40. The SMILES string of the molecule is C=CCN1CC[C@]2(CCCN(C(=O)c3cnccn3)C2)C1=O. The number of carbonyl (C=O) groups excluding carboxylic acids is 2. The Kier molecular flexibility index (Phi) is 3.92. The van der Waals surface area contributed by atoms with E-state index in [9.17, 15) is 9.59 Å². The molecule has 2 amide bonds. The van der Waals surface area contributed by atoms with E-state index in [-0.39, 0.29) is 11.8 Å². The van der Waals surface area contributed by atoms with Gasteiger partial charge in [-0.2, -0.15) is 0 Å². The first-order chi connectivity index (χ1) is 10.7. The van der Waals surface area contributed by atoms with Crippen LogP contribution >= 0.6 is 0 Å². The van der Waals surface area contributed by atoms with Crippen molar-refractivity contribution in [1.82, 2.24) is 19.8 Å². The Morgan fingerprint density at radius 3 is 2.95 bits per heavy atom. The molecule has 6 heteroatoms. The van der Waals surface area contributed by atoms with Gasteiger partial charge in [0.05, 0.1) is 11.6 Å². The van der Waals surface area contributed by atoms with E-state index in [0.29, 0.717) is 25.3 Å².